The molecular weight excluding hydrogens is 322 g/mol. The van der Waals surface area contributed by atoms with Gasteiger partial charge in [0.25, 0.3) is 0 Å². The van der Waals surface area contributed by atoms with E-state index in [2.05, 4.69) is 28.6 Å². The van der Waals surface area contributed by atoms with Crippen molar-refractivity contribution in [2.75, 3.05) is 39.5 Å². The summed E-state index contributed by atoms with van der Waals surface area (Å²) in [5.41, 5.74) is 1.14. The molecule has 1 aromatic carbocycles. The number of aliphatic hydroxyl groups excluding tert-OH is 1. The summed E-state index contributed by atoms with van der Waals surface area (Å²) < 4.78 is 0. The van der Waals surface area contributed by atoms with Crippen molar-refractivity contribution in [1.29, 1.82) is 0 Å². The first-order valence-corrected chi connectivity index (χ1v) is 9.83. The first-order chi connectivity index (χ1) is 11.6. The Morgan fingerprint density at radius 1 is 1.46 bits per heavy atom. The van der Waals surface area contributed by atoms with E-state index < -0.39 is 0 Å². The van der Waals surface area contributed by atoms with Crippen molar-refractivity contribution in [1.82, 2.24) is 15.1 Å². The van der Waals surface area contributed by atoms with Gasteiger partial charge in [-0.3, -0.25) is 4.90 Å². The predicted octanol–water partition coefficient (Wildman–Crippen LogP) is 2.40. The number of piperidine rings is 1. The molecular formula is C18H29N3O2S. The van der Waals surface area contributed by atoms with E-state index in [4.69, 9.17) is 0 Å². The molecule has 0 spiro atoms. The molecule has 0 aromatic heterocycles. The number of thioether (sulfide) groups is 1. The molecule has 1 heterocycles. The molecule has 0 radical (unpaired) electrons. The lowest BCUT2D eigenvalue weighted by Crippen LogP contribution is -2.47. The first kappa shape index (κ1) is 19.1. The second kappa shape index (κ2) is 9.91. The SMILES string of the molecule is CSc1cccc(CN(C)C(=O)NCCN2CCCC[C@H]2CO)c1. The maximum Gasteiger partial charge on any atom is 0.317 e. The molecule has 24 heavy (non-hydrogen) atoms. The van der Waals surface area contributed by atoms with E-state index in [9.17, 15) is 9.90 Å². The molecule has 0 aliphatic carbocycles. The third-order valence-electron chi connectivity index (χ3n) is 4.54. The van der Waals surface area contributed by atoms with Crippen LogP contribution in [0.1, 0.15) is 24.8 Å². The van der Waals surface area contributed by atoms with Gasteiger partial charge in [-0.1, -0.05) is 18.6 Å². The Balaban J connectivity index is 1.75. The summed E-state index contributed by atoms with van der Waals surface area (Å²) in [5.74, 6) is 0. The summed E-state index contributed by atoms with van der Waals surface area (Å²) in [6.45, 7) is 3.23. The van der Waals surface area contributed by atoms with Gasteiger partial charge in [-0.15, -0.1) is 11.8 Å². The Bertz CT molecular complexity index is 527. The summed E-state index contributed by atoms with van der Waals surface area (Å²) in [7, 11) is 1.82. The van der Waals surface area contributed by atoms with Crippen LogP contribution in [0.25, 0.3) is 0 Å². The quantitative estimate of drug-likeness (QED) is 0.741. The molecule has 6 heteroatoms. The number of urea groups is 1. The minimum Gasteiger partial charge on any atom is -0.395 e. The normalized spacial score (nSPS) is 18.4. The maximum atomic E-state index is 12.2. The molecule has 0 unspecified atom stereocenters. The lowest BCUT2D eigenvalue weighted by Gasteiger charge is -2.34. The van der Waals surface area contributed by atoms with E-state index in [0.29, 0.717) is 13.1 Å². The molecule has 5 nitrogen and oxygen atoms in total. The first-order valence-electron chi connectivity index (χ1n) is 8.61. The van der Waals surface area contributed by atoms with Crippen LogP contribution >= 0.6 is 11.8 Å². The van der Waals surface area contributed by atoms with Crippen LogP contribution in [0, 0.1) is 0 Å². The monoisotopic (exact) mass is 351 g/mol. The molecule has 1 fully saturated rings. The molecule has 2 amide bonds. The summed E-state index contributed by atoms with van der Waals surface area (Å²) in [5, 5.41) is 12.4. The Kier molecular flexibility index (Phi) is 7.88. The van der Waals surface area contributed by atoms with Crippen LogP contribution in [0.5, 0.6) is 0 Å². The number of hydrogen-bond donors (Lipinski definition) is 2. The third kappa shape index (κ3) is 5.69. The predicted molar refractivity (Wildman–Crippen MR) is 99.4 cm³/mol. The summed E-state index contributed by atoms with van der Waals surface area (Å²) >= 11 is 1.71. The number of likely N-dealkylation sites (tertiary alicyclic amines) is 1. The second-order valence-electron chi connectivity index (χ2n) is 6.31. The van der Waals surface area contributed by atoms with Gasteiger partial charge in [-0.2, -0.15) is 0 Å². The number of benzene rings is 1. The Labute approximate surface area is 149 Å². The number of carbonyl (C=O) groups is 1. The van der Waals surface area contributed by atoms with Gasteiger partial charge in [-0.05, 0) is 43.3 Å². The number of rotatable bonds is 7. The van der Waals surface area contributed by atoms with Gasteiger partial charge in [0.05, 0.1) is 6.61 Å². The van der Waals surface area contributed by atoms with Crippen molar-refractivity contribution in [2.24, 2.45) is 0 Å². The van der Waals surface area contributed by atoms with Crippen molar-refractivity contribution < 1.29 is 9.90 Å². The summed E-state index contributed by atoms with van der Waals surface area (Å²) in [6.07, 6.45) is 5.47. The zero-order valence-corrected chi connectivity index (χ0v) is 15.5. The van der Waals surface area contributed by atoms with Gasteiger partial charge in [-0.25, -0.2) is 4.79 Å². The molecule has 1 saturated heterocycles. The highest BCUT2D eigenvalue weighted by Crippen LogP contribution is 2.17. The smallest absolute Gasteiger partial charge is 0.317 e. The molecule has 2 N–H and O–H groups in total. The largest absolute Gasteiger partial charge is 0.395 e. The number of nitrogens with zero attached hydrogens (tertiary/aromatic N) is 2. The average Bonchev–Trinajstić information content (AvgIpc) is 2.62. The van der Waals surface area contributed by atoms with Gasteiger partial charge >= 0.3 is 6.03 Å². The topological polar surface area (TPSA) is 55.8 Å². The number of amides is 2. The van der Waals surface area contributed by atoms with Crippen molar-refractivity contribution in [3.8, 4) is 0 Å². The van der Waals surface area contributed by atoms with E-state index >= 15 is 0 Å². The van der Waals surface area contributed by atoms with Crippen molar-refractivity contribution in [3.05, 3.63) is 29.8 Å². The summed E-state index contributed by atoms with van der Waals surface area (Å²) in [4.78, 5) is 17.4. The molecule has 0 saturated carbocycles. The van der Waals surface area contributed by atoms with Crippen LogP contribution in [0.15, 0.2) is 29.2 Å². The van der Waals surface area contributed by atoms with Gasteiger partial charge in [0, 0.05) is 37.6 Å². The minimum absolute atomic E-state index is 0.0536. The average molecular weight is 352 g/mol. The lowest BCUT2D eigenvalue weighted by atomic mass is 10.0. The molecule has 1 aliphatic rings. The van der Waals surface area contributed by atoms with Crippen molar-refractivity contribution in [2.45, 2.75) is 36.7 Å². The molecule has 1 aliphatic heterocycles. The fourth-order valence-electron chi connectivity index (χ4n) is 3.12. The highest BCUT2D eigenvalue weighted by molar-refractivity contribution is 7.98. The lowest BCUT2D eigenvalue weighted by molar-refractivity contribution is 0.0911. The van der Waals surface area contributed by atoms with E-state index in [0.717, 1.165) is 25.1 Å². The number of nitrogens with one attached hydrogen (secondary N) is 1. The zero-order valence-electron chi connectivity index (χ0n) is 14.7. The molecule has 2 rings (SSSR count). The van der Waals surface area contributed by atoms with Crippen LogP contribution in [0.4, 0.5) is 4.79 Å². The Morgan fingerprint density at radius 2 is 2.29 bits per heavy atom. The van der Waals surface area contributed by atoms with Gasteiger partial charge in [0.2, 0.25) is 0 Å². The fraction of sp³-hybridized carbons (Fsp3) is 0.611. The van der Waals surface area contributed by atoms with Gasteiger partial charge < -0.3 is 15.3 Å². The maximum absolute atomic E-state index is 12.2. The number of carbonyl (C=O) groups excluding carboxylic acids is 1. The van der Waals surface area contributed by atoms with E-state index in [-0.39, 0.29) is 18.7 Å². The van der Waals surface area contributed by atoms with Crippen molar-refractivity contribution >= 4 is 17.8 Å². The third-order valence-corrected chi connectivity index (χ3v) is 5.26. The van der Waals surface area contributed by atoms with E-state index in [1.54, 1.807) is 16.7 Å². The Hall–Kier alpha value is -1.24. The van der Waals surface area contributed by atoms with Gasteiger partial charge in [0.15, 0.2) is 0 Å². The Morgan fingerprint density at radius 3 is 3.04 bits per heavy atom. The highest BCUT2D eigenvalue weighted by Gasteiger charge is 2.21. The molecule has 1 aromatic rings. The van der Waals surface area contributed by atoms with Crippen LogP contribution in [-0.2, 0) is 6.54 Å². The van der Waals surface area contributed by atoms with Crippen LogP contribution < -0.4 is 5.32 Å². The second-order valence-corrected chi connectivity index (χ2v) is 7.19. The van der Waals surface area contributed by atoms with E-state index in [1.165, 1.54) is 17.7 Å². The molecule has 0 bridgehead atoms. The van der Waals surface area contributed by atoms with Crippen LogP contribution in [0.2, 0.25) is 0 Å². The van der Waals surface area contributed by atoms with Crippen molar-refractivity contribution in [3.63, 3.8) is 0 Å². The number of aliphatic hydroxyl groups is 1. The molecule has 1 atom stereocenters. The van der Waals surface area contributed by atoms with Crippen LogP contribution in [-0.4, -0.2) is 66.5 Å². The zero-order chi connectivity index (χ0) is 17.4. The van der Waals surface area contributed by atoms with E-state index in [1.807, 2.05) is 19.2 Å². The van der Waals surface area contributed by atoms with Gasteiger partial charge in [0.1, 0.15) is 0 Å². The highest BCUT2D eigenvalue weighted by atomic mass is 32.2. The number of hydrogen-bond acceptors (Lipinski definition) is 4. The minimum atomic E-state index is -0.0536. The van der Waals surface area contributed by atoms with Crippen LogP contribution in [0.3, 0.4) is 0 Å². The standard InChI is InChI=1S/C18H29N3O2S/c1-20(13-15-6-5-8-17(12-15)24-2)18(23)19-9-11-21-10-4-3-7-16(21)14-22/h5-6,8,12,16,22H,3-4,7,9-11,13-14H2,1-2H3,(H,19,23)/t16-/m0/s1. The molecule has 134 valence electrons. The fourth-order valence-corrected chi connectivity index (χ4v) is 3.60. The summed E-state index contributed by atoms with van der Waals surface area (Å²) in [6, 6.07) is 8.46.